The molecule has 0 heterocycles. The van der Waals surface area contributed by atoms with Gasteiger partial charge in [-0.3, -0.25) is 0 Å². The third-order valence-corrected chi connectivity index (χ3v) is 3.61. The van der Waals surface area contributed by atoms with Crippen molar-refractivity contribution in [1.29, 1.82) is 0 Å². The van der Waals surface area contributed by atoms with Crippen molar-refractivity contribution in [1.82, 2.24) is 0 Å². The van der Waals surface area contributed by atoms with Gasteiger partial charge >= 0.3 is 0 Å². The molecule has 0 aliphatic heterocycles. The molecule has 0 aliphatic rings. The van der Waals surface area contributed by atoms with E-state index in [0.29, 0.717) is 0 Å². The van der Waals surface area contributed by atoms with Crippen LogP contribution in [-0.4, -0.2) is 10.2 Å². The Hall–Kier alpha value is 0.897. The summed E-state index contributed by atoms with van der Waals surface area (Å²) in [7, 11) is 3.50. The Morgan fingerprint density at radius 3 is 2.00 bits per heavy atom. The molecule has 0 aliphatic carbocycles. The summed E-state index contributed by atoms with van der Waals surface area (Å²) in [5.74, 6) is 0. The SMILES string of the molecule is [Si]Cc1c(I)cccc1I. The monoisotopic (exact) mass is 371 g/mol. The van der Waals surface area contributed by atoms with E-state index in [1.807, 2.05) is 0 Å². The Labute approximate surface area is 91.5 Å². The summed E-state index contributed by atoms with van der Waals surface area (Å²) < 4.78 is 2.67. The van der Waals surface area contributed by atoms with Crippen LogP contribution >= 0.6 is 45.2 Å². The molecule has 1 rings (SSSR count). The Morgan fingerprint density at radius 2 is 1.70 bits per heavy atom. The van der Waals surface area contributed by atoms with Gasteiger partial charge in [0.1, 0.15) is 0 Å². The quantitative estimate of drug-likeness (QED) is 0.526. The summed E-state index contributed by atoms with van der Waals surface area (Å²) in [4.78, 5) is 0. The van der Waals surface area contributed by atoms with Crippen LogP contribution in [0.5, 0.6) is 0 Å². The molecule has 1 aromatic rings. The number of benzene rings is 1. The van der Waals surface area contributed by atoms with Gasteiger partial charge in [0.2, 0.25) is 0 Å². The van der Waals surface area contributed by atoms with E-state index < -0.39 is 0 Å². The number of hydrogen-bond acceptors (Lipinski definition) is 0. The van der Waals surface area contributed by atoms with Crippen molar-refractivity contribution < 1.29 is 0 Å². The molecule has 0 saturated heterocycles. The first-order valence-electron chi connectivity index (χ1n) is 2.83. The van der Waals surface area contributed by atoms with Gasteiger partial charge in [-0.25, -0.2) is 0 Å². The number of rotatable bonds is 1. The van der Waals surface area contributed by atoms with E-state index in [0.717, 1.165) is 6.04 Å². The number of halogens is 2. The Morgan fingerprint density at radius 1 is 1.20 bits per heavy atom. The van der Waals surface area contributed by atoms with Gasteiger partial charge in [0.25, 0.3) is 0 Å². The van der Waals surface area contributed by atoms with Crippen molar-refractivity contribution in [3.8, 4) is 0 Å². The maximum Gasteiger partial charge on any atom is 0.0284 e. The molecule has 0 aromatic heterocycles. The molecule has 0 bridgehead atoms. The second-order valence-corrected chi connectivity index (χ2v) is 4.55. The molecular weight excluding hydrogens is 366 g/mol. The lowest BCUT2D eigenvalue weighted by Gasteiger charge is -2.02. The van der Waals surface area contributed by atoms with E-state index in [4.69, 9.17) is 0 Å². The van der Waals surface area contributed by atoms with Crippen LogP contribution in [-0.2, 0) is 6.04 Å². The van der Waals surface area contributed by atoms with Gasteiger partial charge in [-0.05, 0) is 68.9 Å². The zero-order chi connectivity index (χ0) is 7.56. The molecule has 0 amide bonds. The average molecular weight is 371 g/mol. The highest BCUT2D eigenvalue weighted by Gasteiger charge is 1.99. The van der Waals surface area contributed by atoms with Gasteiger partial charge in [0.05, 0.1) is 0 Å². The van der Waals surface area contributed by atoms with Crippen LogP contribution in [0.25, 0.3) is 0 Å². The molecule has 3 heteroatoms. The molecule has 51 valence electrons. The normalized spacial score (nSPS) is 9.90. The fourth-order valence-corrected chi connectivity index (χ4v) is 3.70. The Kier molecular flexibility index (Phi) is 3.65. The van der Waals surface area contributed by atoms with Crippen molar-refractivity contribution >= 4 is 55.4 Å². The standard InChI is InChI=1S/C7H5I2Si/c8-6-2-1-3-7(9)5(6)4-10/h1-3H,4H2. The average Bonchev–Trinajstić information content (AvgIpc) is 1.88. The van der Waals surface area contributed by atoms with Crippen molar-refractivity contribution in [2.75, 3.05) is 0 Å². The van der Waals surface area contributed by atoms with E-state index >= 15 is 0 Å². The first kappa shape index (κ1) is 8.99. The van der Waals surface area contributed by atoms with Crippen LogP contribution in [0.4, 0.5) is 0 Å². The largest absolute Gasteiger partial charge is 0.0601 e. The van der Waals surface area contributed by atoms with Crippen molar-refractivity contribution in [3.63, 3.8) is 0 Å². The Balaban J connectivity index is 3.17. The lowest BCUT2D eigenvalue weighted by Crippen LogP contribution is -1.91. The number of hydrogen-bond donors (Lipinski definition) is 0. The second kappa shape index (κ2) is 4.06. The summed E-state index contributed by atoms with van der Waals surface area (Å²) in [6.45, 7) is 0. The fraction of sp³-hybridized carbons (Fsp3) is 0.143. The molecule has 1 aromatic carbocycles. The maximum atomic E-state index is 3.50. The zero-order valence-electron chi connectivity index (χ0n) is 5.20. The molecule has 0 atom stereocenters. The van der Waals surface area contributed by atoms with E-state index in [2.05, 4.69) is 73.6 Å². The van der Waals surface area contributed by atoms with E-state index in [-0.39, 0.29) is 0 Å². The summed E-state index contributed by atoms with van der Waals surface area (Å²) in [6, 6.07) is 7.27. The van der Waals surface area contributed by atoms with Crippen molar-refractivity contribution in [2.24, 2.45) is 0 Å². The minimum absolute atomic E-state index is 0.942. The summed E-state index contributed by atoms with van der Waals surface area (Å²) in [5, 5.41) is 0. The Bertz CT molecular complexity index is 215. The molecule has 0 unspecified atom stereocenters. The molecule has 0 fully saturated rings. The highest BCUT2D eigenvalue weighted by molar-refractivity contribution is 14.1. The third-order valence-electron chi connectivity index (χ3n) is 1.24. The second-order valence-electron chi connectivity index (χ2n) is 1.88. The highest BCUT2D eigenvalue weighted by atomic mass is 127. The topological polar surface area (TPSA) is 0 Å². The third kappa shape index (κ3) is 1.94. The van der Waals surface area contributed by atoms with Crippen LogP contribution in [0.2, 0.25) is 0 Å². The van der Waals surface area contributed by atoms with E-state index in [1.165, 1.54) is 12.7 Å². The van der Waals surface area contributed by atoms with Crippen molar-refractivity contribution in [3.05, 3.63) is 30.9 Å². The molecule has 10 heavy (non-hydrogen) atoms. The molecular formula is C7H5I2Si. The van der Waals surface area contributed by atoms with E-state index in [9.17, 15) is 0 Å². The summed E-state index contributed by atoms with van der Waals surface area (Å²) in [5.41, 5.74) is 1.39. The van der Waals surface area contributed by atoms with E-state index in [1.54, 1.807) is 0 Å². The van der Waals surface area contributed by atoms with Crippen LogP contribution in [0.1, 0.15) is 5.56 Å². The molecule has 0 nitrogen and oxygen atoms in total. The van der Waals surface area contributed by atoms with Crippen LogP contribution in [0.3, 0.4) is 0 Å². The predicted octanol–water partition coefficient (Wildman–Crippen LogP) is 2.56. The molecule has 0 spiro atoms. The minimum atomic E-state index is 0.942. The lowest BCUT2D eigenvalue weighted by molar-refractivity contribution is 1.33. The van der Waals surface area contributed by atoms with Gasteiger partial charge in [0, 0.05) is 17.4 Å². The van der Waals surface area contributed by atoms with Crippen LogP contribution < -0.4 is 0 Å². The molecule has 0 N–H and O–H groups in total. The summed E-state index contributed by atoms with van der Waals surface area (Å²) >= 11 is 4.70. The lowest BCUT2D eigenvalue weighted by atomic mass is 10.2. The summed E-state index contributed by atoms with van der Waals surface area (Å²) in [6.07, 6.45) is 0. The van der Waals surface area contributed by atoms with Gasteiger partial charge < -0.3 is 0 Å². The maximum absolute atomic E-state index is 3.50. The van der Waals surface area contributed by atoms with Crippen LogP contribution in [0, 0.1) is 7.14 Å². The van der Waals surface area contributed by atoms with Gasteiger partial charge in [0.15, 0.2) is 0 Å². The predicted molar refractivity (Wildman–Crippen MR) is 61.3 cm³/mol. The van der Waals surface area contributed by atoms with Gasteiger partial charge in [-0.1, -0.05) is 6.07 Å². The molecule has 3 radical (unpaired) electrons. The molecule has 0 saturated carbocycles. The smallest absolute Gasteiger partial charge is 0.0284 e. The highest BCUT2D eigenvalue weighted by Crippen LogP contribution is 2.18. The van der Waals surface area contributed by atoms with Gasteiger partial charge in [-0.2, -0.15) is 0 Å². The first-order chi connectivity index (χ1) is 4.75. The zero-order valence-corrected chi connectivity index (χ0v) is 10.5. The van der Waals surface area contributed by atoms with Crippen molar-refractivity contribution in [2.45, 2.75) is 6.04 Å². The fourth-order valence-electron chi connectivity index (χ4n) is 0.701. The van der Waals surface area contributed by atoms with Gasteiger partial charge in [-0.15, -0.1) is 0 Å². The minimum Gasteiger partial charge on any atom is -0.0601 e. The first-order valence-corrected chi connectivity index (χ1v) is 5.69. The van der Waals surface area contributed by atoms with Crippen LogP contribution in [0.15, 0.2) is 18.2 Å².